The number of hydrogen-bond acceptors (Lipinski definition) is 5. The third-order valence-corrected chi connectivity index (χ3v) is 3.71. The number of carbonyl (C=O) groups is 1. The smallest absolute Gasteiger partial charge is 0.252 e. The lowest BCUT2D eigenvalue weighted by Gasteiger charge is -2.12. The van der Waals surface area contributed by atoms with Crippen LogP contribution in [0, 0.1) is 0 Å². The Labute approximate surface area is 144 Å². The van der Waals surface area contributed by atoms with E-state index in [0.717, 1.165) is 5.56 Å². The predicted octanol–water partition coefficient (Wildman–Crippen LogP) is 1.80. The lowest BCUT2D eigenvalue weighted by Crippen LogP contribution is -2.34. The summed E-state index contributed by atoms with van der Waals surface area (Å²) in [5.74, 6) is 0.713. The minimum atomic E-state index is -0.258. The summed E-state index contributed by atoms with van der Waals surface area (Å²) in [6.45, 7) is 1.85. The number of nitrogens with zero attached hydrogens (tertiary/aromatic N) is 3. The molecule has 0 aliphatic heterocycles. The van der Waals surface area contributed by atoms with Crippen molar-refractivity contribution < 1.29 is 9.32 Å². The van der Waals surface area contributed by atoms with Crippen LogP contribution >= 0.6 is 0 Å². The molecule has 1 atom stereocenters. The number of carbonyl (C=O) groups excluding carboxylic acids is 1. The summed E-state index contributed by atoms with van der Waals surface area (Å²) >= 11 is 0. The Morgan fingerprint density at radius 1 is 1.24 bits per heavy atom. The maximum absolute atomic E-state index is 12.2. The quantitative estimate of drug-likeness (QED) is 0.766. The number of nitrogens with one attached hydrogen (secondary N) is 1. The Hall–Kier alpha value is -3.22. The largest absolute Gasteiger partial charge is 0.349 e. The van der Waals surface area contributed by atoms with E-state index in [1.165, 1.54) is 22.9 Å². The van der Waals surface area contributed by atoms with Crippen molar-refractivity contribution in [3.05, 3.63) is 70.5 Å². The van der Waals surface area contributed by atoms with Gasteiger partial charge in [0.05, 0.1) is 5.56 Å². The van der Waals surface area contributed by atoms with Crippen molar-refractivity contribution in [3.8, 4) is 11.4 Å². The minimum absolute atomic E-state index is 0.163. The van der Waals surface area contributed by atoms with Crippen LogP contribution in [0.15, 0.2) is 58.0 Å². The summed E-state index contributed by atoms with van der Waals surface area (Å²) in [4.78, 5) is 28.0. The molecule has 0 saturated heterocycles. The second-order valence-electron chi connectivity index (χ2n) is 5.82. The van der Waals surface area contributed by atoms with Gasteiger partial charge in [-0.15, -0.1) is 0 Å². The molecular weight excluding hydrogens is 320 g/mol. The summed E-state index contributed by atoms with van der Waals surface area (Å²) in [5, 5.41) is 6.82. The summed E-state index contributed by atoms with van der Waals surface area (Å²) in [6, 6.07) is 12.2. The summed E-state index contributed by atoms with van der Waals surface area (Å²) in [6.07, 6.45) is 1.92. The highest BCUT2D eigenvalue weighted by molar-refractivity contribution is 5.94. The first-order valence-corrected chi connectivity index (χ1v) is 7.88. The molecule has 2 heterocycles. The van der Waals surface area contributed by atoms with Crippen LogP contribution in [-0.2, 0) is 13.5 Å². The van der Waals surface area contributed by atoms with E-state index in [1.54, 1.807) is 7.05 Å². The van der Waals surface area contributed by atoms with E-state index >= 15 is 0 Å². The lowest BCUT2D eigenvalue weighted by molar-refractivity contribution is 0.0938. The van der Waals surface area contributed by atoms with Gasteiger partial charge < -0.3 is 14.4 Å². The molecule has 1 N–H and O–H groups in total. The highest BCUT2D eigenvalue weighted by Gasteiger charge is 2.15. The van der Waals surface area contributed by atoms with Crippen LogP contribution in [-0.4, -0.2) is 26.7 Å². The molecule has 7 nitrogen and oxygen atoms in total. The number of benzene rings is 1. The first-order valence-electron chi connectivity index (χ1n) is 7.88. The number of aryl methyl sites for hydroxylation is 1. The average Bonchev–Trinajstić information content (AvgIpc) is 3.06. The van der Waals surface area contributed by atoms with Crippen LogP contribution in [0.2, 0.25) is 0 Å². The van der Waals surface area contributed by atoms with Crippen LogP contribution in [0.4, 0.5) is 0 Å². The number of hydrogen-bond donors (Lipinski definition) is 1. The minimum Gasteiger partial charge on any atom is -0.349 e. The molecule has 1 unspecified atom stereocenters. The van der Waals surface area contributed by atoms with Gasteiger partial charge in [-0.05, 0) is 13.0 Å². The zero-order valence-corrected chi connectivity index (χ0v) is 14.0. The van der Waals surface area contributed by atoms with Crippen LogP contribution in [0.5, 0.6) is 0 Å². The summed E-state index contributed by atoms with van der Waals surface area (Å²) in [5.41, 5.74) is 1.13. The van der Waals surface area contributed by atoms with E-state index in [1.807, 2.05) is 37.3 Å². The van der Waals surface area contributed by atoms with Gasteiger partial charge in [0.2, 0.25) is 17.3 Å². The van der Waals surface area contributed by atoms with Gasteiger partial charge in [-0.3, -0.25) is 9.59 Å². The maximum atomic E-state index is 12.2. The second kappa shape index (κ2) is 7.12. The zero-order chi connectivity index (χ0) is 17.8. The fraction of sp³-hybridized carbons (Fsp3) is 0.222. The number of rotatable bonds is 5. The molecule has 0 saturated carbocycles. The molecule has 7 heteroatoms. The van der Waals surface area contributed by atoms with Crippen molar-refractivity contribution >= 4 is 5.91 Å². The van der Waals surface area contributed by atoms with Crippen molar-refractivity contribution in [1.29, 1.82) is 0 Å². The number of aromatic nitrogens is 3. The molecular formula is C18H18N4O3. The molecule has 0 radical (unpaired) electrons. The molecule has 0 aliphatic carbocycles. The van der Waals surface area contributed by atoms with Gasteiger partial charge in [0.15, 0.2) is 0 Å². The first-order chi connectivity index (χ1) is 12.0. The fourth-order valence-corrected chi connectivity index (χ4v) is 2.39. The summed E-state index contributed by atoms with van der Waals surface area (Å²) < 4.78 is 6.62. The first kappa shape index (κ1) is 16.6. The molecule has 25 heavy (non-hydrogen) atoms. The topological polar surface area (TPSA) is 90.0 Å². The second-order valence-corrected chi connectivity index (χ2v) is 5.82. The normalized spacial score (nSPS) is 11.9. The Kier molecular flexibility index (Phi) is 4.74. The van der Waals surface area contributed by atoms with Crippen LogP contribution < -0.4 is 10.9 Å². The Morgan fingerprint density at radius 2 is 2.00 bits per heavy atom. The van der Waals surface area contributed by atoms with E-state index in [2.05, 4.69) is 15.5 Å². The van der Waals surface area contributed by atoms with Crippen molar-refractivity contribution in [3.63, 3.8) is 0 Å². The Bertz CT molecular complexity index is 931. The van der Waals surface area contributed by atoms with Gasteiger partial charge in [0, 0.05) is 37.3 Å². The fourth-order valence-electron chi connectivity index (χ4n) is 2.39. The van der Waals surface area contributed by atoms with E-state index in [4.69, 9.17) is 4.52 Å². The van der Waals surface area contributed by atoms with Crippen molar-refractivity contribution in [2.75, 3.05) is 0 Å². The number of pyridine rings is 1. The molecule has 0 fully saturated rings. The highest BCUT2D eigenvalue weighted by Crippen LogP contribution is 2.15. The molecule has 128 valence electrons. The molecule has 1 aromatic carbocycles. The molecule has 0 bridgehead atoms. The standard InChI is InChI=1S/C18H18N4O3/c1-12(19-18(24)14-8-9-16(23)22(2)11-14)10-15-20-17(21-25-15)13-6-4-3-5-7-13/h3-9,11-12H,10H2,1-2H3,(H,19,24). The molecule has 1 amide bonds. The molecule has 2 aromatic heterocycles. The average molecular weight is 338 g/mol. The van der Waals surface area contributed by atoms with E-state index in [-0.39, 0.29) is 17.5 Å². The molecule has 0 spiro atoms. The van der Waals surface area contributed by atoms with Crippen LogP contribution in [0.3, 0.4) is 0 Å². The van der Waals surface area contributed by atoms with Gasteiger partial charge in [-0.25, -0.2) is 0 Å². The van der Waals surface area contributed by atoms with E-state index in [0.29, 0.717) is 23.7 Å². The monoisotopic (exact) mass is 338 g/mol. The van der Waals surface area contributed by atoms with Crippen molar-refractivity contribution in [2.45, 2.75) is 19.4 Å². The summed E-state index contributed by atoms with van der Waals surface area (Å²) in [7, 11) is 1.60. The van der Waals surface area contributed by atoms with Crippen LogP contribution in [0.1, 0.15) is 23.2 Å². The van der Waals surface area contributed by atoms with Gasteiger partial charge in [0.25, 0.3) is 5.91 Å². The van der Waals surface area contributed by atoms with Gasteiger partial charge in [-0.1, -0.05) is 35.5 Å². The Balaban J connectivity index is 1.63. The molecule has 3 aromatic rings. The van der Waals surface area contributed by atoms with Gasteiger partial charge in [0.1, 0.15) is 0 Å². The van der Waals surface area contributed by atoms with Gasteiger partial charge in [-0.2, -0.15) is 4.98 Å². The maximum Gasteiger partial charge on any atom is 0.252 e. The molecule has 3 rings (SSSR count). The van der Waals surface area contributed by atoms with Crippen molar-refractivity contribution in [1.82, 2.24) is 20.0 Å². The van der Waals surface area contributed by atoms with Crippen molar-refractivity contribution in [2.24, 2.45) is 7.05 Å². The third kappa shape index (κ3) is 4.00. The van der Waals surface area contributed by atoms with Gasteiger partial charge >= 0.3 is 0 Å². The number of amides is 1. The van der Waals surface area contributed by atoms with E-state index < -0.39 is 0 Å². The zero-order valence-electron chi connectivity index (χ0n) is 14.0. The Morgan fingerprint density at radius 3 is 2.72 bits per heavy atom. The van der Waals surface area contributed by atoms with E-state index in [9.17, 15) is 9.59 Å². The third-order valence-electron chi connectivity index (χ3n) is 3.71. The highest BCUT2D eigenvalue weighted by atomic mass is 16.5. The predicted molar refractivity (Wildman–Crippen MR) is 92.0 cm³/mol. The molecule has 0 aliphatic rings. The SMILES string of the molecule is CC(Cc1nc(-c2ccccc2)no1)NC(=O)c1ccc(=O)n(C)c1. The lowest BCUT2D eigenvalue weighted by atomic mass is 10.2. The van der Waals surface area contributed by atoms with Crippen LogP contribution in [0.25, 0.3) is 11.4 Å².